The first-order chi connectivity index (χ1) is 6.63. The molecule has 2 rings (SSSR count). The van der Waals surface area contributed by atoms with Crippen molar-refractivity contribution in [3.8, 4) is 11.7 Å². The second-order valence-electron chi connectivity index (χ2n) is 4.32. The topological polar surface area (TPSA) is 9.23 Å². The predicted molar refractivity (Wildman–Crippen MR) is 55.8 cm³/mol. The molecule has 1 aliphatic rings. The molecule has 0 unspecified atom stereocenters. The van der Waals surface area contributed by atoms with Crippen LogP contribution in [0, 0.1) is 12.3 Å². The molecule has 0 aliphatic carbocycles. The maximum absolute atomic E-state index is 7.10. The Balaban J connectivity index is 2.56. The van der Waals surface area contributed by atoms with Crippen LogP contribution in [-0.4, -0.2) is 6.61 Å². The Morgan fingerprint density at radius 1 is 1.43 bits per heavy atom. The number of rotatable bonds is 0. The maximum Gasteiger partial charge on any atom is 0.123 e. The minimum Gasteiger partial charge on any atom is -0.493 e. The summed E-state index contributed by atoms with van der Waals surface area (Å²) in [6.45, 7) is 5.21. The van der Waals surface area contributed by atoms with Crippen molar-refractivity contribution in [2.45, 2.75) is 25.7 Å². The van der Waals surface area contributed by atoms with E-state index < -0.39 is 0 Å². The highest BCUT2D eigenvalue weighted by Gasteiger charge is 2.28. The van der Waals surface area contributed by atoms with Gasteiger partial charge in [-0.05, 0) is 36.5 Å². The zero-order chi connectivity index (χ0) is 10.2. The van der Waals surface area contributed by atoms with Gasteiger partial charge in [0, 0.05) is 11.1 Å². The molecule has 1 aliphatic heterocycles. The lowest BCUT2D eigenvalue weighted by molar-refractivity contribution is 0.234. The lowest BCUT2D eigenvalue weighted by Crippen LogP contribution is -2.26. The third-order valence-electron chi connectivity index (χ3n) is 2.84. The molecule has 1 heterocycles. The van der Waals surface area contributed by atoms with Gasteiger partial charge in [0.25, 0.3) is 0 Å². The van der Waals surface area contributed by atoms with Crippen molar-refractivity contribution in [3.63, 3.8) is 0 Å². The summed E-state index contributed by atoms with van der Waals surface area (Å²) in [4.78, 5) is 0. The fraction of sp³-hybridized carbons (Fsp3) is 0.385. The lowest BCUT2D eigenvalue weighted by atomic mass is 9.79. The summed E-state index contributed by atoms with van der Waals surface area (Å²) < 4.78 is 5.57. The van der Waals surface area contributed by atoms with Gasteiger partial charge in [-0.1, -0.05) is 19.8 Å². The van der Waals surface area contributed by atoms with Crippen LogP contribution in [0.5, 0.6) is 5.75 Å². The number of fused-ring (bicyclic) bond motifs is 1. The van der Waals surface area contributed by atoms with Crippen molar-refractivity contribution < 1.29 is 4.74 Å². The van der Waals surface area contributed by atoms with E-state index in [-0.39, 0.29) is 5.41 Å². The van der Waals surface area contributed by atoms with E-state index in [0.717, 1.165) is 24.3 Å². The van der Waals surface area contributed by atoms with E-state index in [1.165, 1.54) is 5.56 Å². The standard InChI is InChI=1S/C13H13O/c1-4-10-5-6-12-11(9-10)13(2,3)7-8-14-12/h5-6,9H,7-8H2,2-3H3. The quantitative estimate of drug-likeness (QED) is 0.565. The average Bonchev–Trinajstić information content (AvgIpc) is 2.17. The molecule has 0 saturated heterocycles. The molecule has 0 aromatic heterocycles. The molecule has 0 saturated carbocycles. The predicted octanol–water partition coefficient (Wildman–Crippen LogP) is 2.68. The van der Waals surface area contributed by atoms with Crippen molar-refractivity contribution >= 4 is 0 Å². The average molecular weight is 185 g/mol. The molecule has 1 aromatic rings. The Labute approximate surface area is 85.1 Å². The van der Waals surface area contributed by atoms with Gasteiger partial charge >= 0.3 is 0 Å². The summed E-state index contributed by atoms with van der Waals surface area (Å²) in [5, 5.41) is 0. The van der Waals surface area contributed by atoms with E-state index in [9.17, 15) is 0 Å². The molecule has 0 spiro atoms. The molecule has 1 aromatic carbocycles. The summed E-state index contributed by atoms with van der Waals surface area (Å²) >= 11 is 0. The lowest BCUT2D eigenvalue weighted by Gasteiger charge is -2.32. The molecule has 1 radical (unpaired) electrons. The minimum absolute atomic E-state index is 0.153. The van der Waals surface area contributed by atoms with Gasteiger partial charge in [0.2, 0.25) is 0 Å². The van der Waals surface area contributed by atoms with Crippen LogP contribution in [0.2, 0.25) is 0 Å². The van der Waals surface area contributed by atoms with Crippen molar-refractivity contribution in [1.29, 1.82) is 0 Å². The summed E-state index contributed by atoms with van der Waals surface area (Å²) in [5.41, 5.74) is 2.17. The molecule has 0 N–H and O–H groups in total. The smallest absolute Gasteiger partial charge is 0.123 e. The Kier molecular flexibility index (Phi) is 2.00. The molecule has 1 heteroatoms. The molecule has 14 heavy (non-hydrogen) atoms. The molecule has 0 atom stereocenters. The molecule has 0 bridgehead atoms. The SMILES string of the molecule is [C]#Cc1ccc2c(c1)C(C)(C)CCO2. The van der Waals surface area contributed by atoms with Crippen molar-refractivity contribution in [3.05, 3.63) is 35.7 Å². The van der Waals surface area contributed by atoms with Gasteiger partial charge in [0.05, 0.1) is 6.61 Å². The molecule has 1 nitrogen and oxygen atoms in total. The van der Waals surface area contributed by atoms with Crippen LogP contribution in [-0.2, 0) is 5.41 Å². The van der Waals surface area contributed by atoms with Crippen LogP contribution in [0.4, 0.5) is 0 Å². The third kappa shape index (κ3) is 1.37. The van der Waals surface area contributed by atoms with E-state index >= 15 is 0 Å². The molecule has 0 amide bonds. The van der Waals surface area contributed by atoms with Crippen molar-refractivity contribution in [2.24, 2.45) is 0 Å². The monoisotopic (exact) mass is 185 g/mol. The Bertz CT molecular complexity index is 396. The second-order valence-corrected chi connectivity index (χ2v) is 4.32. The normalized spacial score (nSPS) is 17.8. The van der Waals surface area contributed by atoms with E-state index in [0.29, 0.717) is 0 Å². The zero-order valence-electron chi connectivity index (χ0n) is 8.55. The number of benzene rings is 1. The maximum atomic E-state index is 7.10. The van der Waals surface area contributed by atoms with E-state index in [1.54, 1.807) is 0 Å². The highest BCUT2D eigenvalue weighted by Crippen LogP contribution is 2.38. The first kappa shape index (κ1) is 9.15. The zero-order valence-corrected chi connectivity index (χ0v) is 8.55. The van der Waals surface area contributed by atoms with Gasteiger partial charge in [0.1, 0.15) is 5.75 Å². The third-order valence-corrected chi connectivity index (χ3v) is 2.84. The highest BCUT2D eigenvalue weighted by molar-refractivity contribution is 5.47. The van der Waals surface area contributed by atoms with Crippen LogP contribution in [0.25, 0.3) is 0 Å². The van der Waals surface area contributed by atoms with Gasteiger partial charge in [-0.25, -0.2) is 0 Å². The molecule has 0 fully saturated rings. The second kappa shape index (κ2) is 3.06. The van der Waals surface area contributed by atoms with Crippen LogP contribution in [0.1, 0.15) is 31.4 Å². The van der Waals surface area contributed by atoms with Crippen molar-refractivity contribution in [1.82, 2.24) is 0 Å². The molecule has 71 valence electrons. The van der Waals surface area contributed by atoms with Crippen molar-refractivity contribution in [2.75, 3.05) is 6.61 Å². The van der Waals surface area contributed by atoms with Gasteiger partial charge in [0.15, 0.2) is 0 Å². The van der Waals surface area contributed by atoms with Crippen LogP contribution < -0.4 is 4.74 Å². The summed E-state index contributed by atoms with van der Waals surface area (Å²) in [6.07, 6.45) is 8.13. The van der Waals surface area contributed by atoms with E-state index in [2.05, 4.69) is 19.8 Å². The summed E-state index contributed by atoms with van der Waals surface area (Å²) in [7, 11) is 0. The van der Waals surface area contributed by atoms with Gasteiger partial charge < -0.3 is 4.74 Å². The molecular formula is C13H13O. The first-order valence-corrected chi connectivity index (χ1v) is 4.83. The van der Waals surface area contributed by atoms with Crippen LogP contribution >= 0.6 is 0 Å². The Hall–Kier alpha value is -1.42. The minimum atomic E-state index is 0.153. The number of ether oxygens (including phenoxy) is 1. The first-order valence-electron chi connectivity index (χ1n) is 4.83. The number of hydrogen-bond donors (Lipinski definition) is 0. The van der Waals surface area contributed by atoms with Gasteiger partial charge in [-0.2, -0.15) is 0 Å². The van der Waals surface area contributed by atoms with Gasteiger partial charge in [-0.15, -0.1) is 0 Å². The Morgan fingerprint density at radius 2 is 2.21 bits per heavy atom. The Morgan fingerprint density at radius 3 is 2.93 bits per heavy atom. The largest absolute Gasteiger partial charge is 0.493 e. The number of hydrogen-bond acceptors (Lipinski definition) is 1. The fourth-order valence-corrected chi connectivity index (χ4v) is 1.81. The highest BCUT2D eigenvalue weighted by atomic mass is 16.5. The summed E-state index contributed by atoms with van der Waals surface area (Å²) in [5.74, 6) is 3.37. The fourth-order valence-electron chi connectivity index (χ4n) is 1.81. The van der Waals surface area contributed by atoms with Gasteiger partial charge in [-0.3, -0.25) is 0 Å². The summed E-state index contributed by atoms with van der Waals surface area (Å²) in [6, 6.07) is 5.81. The van der Waals surface area contributed by atoms with Crippen LogP contribution in [0.3, 0.4) is 0 Å². The van der Waals surface area contributed by atoms with E-state index in [4.69, 9.17) is 11.2 Å². The van der Waals surface area contributed by atoms with Crippen LogP contribution in [0.15, 0.2) is 18.2 Å². The van der Waals surface area contributed by atoms with E-state index in [1.807, 2.05) is 18.2 Å². The molecular weight excluding hydrogens is 172 g/mol.